The summed E-state index contributed by atoms with van der Waals surface area (Å²) in [4.78, 5) is 0. The minimum atomic E-state index is 0. The van der Waals surface area contributed by atoms with Gasteiger partial charge in [-0.1, -0.05) is 52.0 Å². The van der Waals surface area contributed by atoms with Crippen LogP contribution in [0.3, 0.4) is 0 Å². The Balaban J connectivity index is -0.000000171. The minimum absolute atomic E-state index is 0. The fourth-order valence-electron chi connectivity index (χ4n) is 1.21. The number of hydrogen-bond acceptors (Lipinski definition) is 3. The SMILES string of the molecule is CC.CC.CN(N)Cc1ccccc1COP.I.[Y]. The van der Waals surface area contributed by atoms with Crippen LogP contribution < -0.4 is 5.84 Å². The average Bonchev–Trinajstić information content (AvgIpc) is 2.36. The Morgan fingerprint density at radius 3 is 1.89 bits per heavy atom. The maximum atomic E-state index is 5.58. The fourth-order valence-corrected chi connectivity index (χ4v) is 1.39. The first-order valence-electron chi connectivity index (χ1n) is 6.08. The average molecular weight is 475 g/mol. The molecule has 0 heterocycles. The summed E-state index contributed by atoms with van der Waals surface area (Å²) in [6.45, 7) is 9.35. The normalized spacial score (nSPS) is 8.00. The van der Waals surface area contributed by atoms with Gasteiger partial charge in [0.1, 0.15) is 0 Å². The van der Waals surface area contributed by atoms with Gasteiger partial charge >= 0.3 is 0 Å². The number of nitrogens with two attached hydrogens (primary N) is 1. The van der Waals surface area contributed by atoms with Crippen LogP contribution in [-0.4, -0.2) is 12.1 Å². The van der Waals surface area contributed by atoms with E-state index in [-0.39, 0.29) is 56.7 Å². The smallest absolute Gasteiger partial charge is 0.0755 e. The third-order valence-electron chi connectivity index (χ3n) is 1.78. The molecule has 1 aromatic rings. The third-order valence-corrected chi connectivity index (χ3v) is 1.94. The molecule has 1 aromatic carbocycles. The Morgan fingerprint density at radius 2 is 1.53 bits per heavy atom. The van der Waals surface area contributed by atoms with Gasteiger partial charge in [0.05, 0.1) is 6.61 Å². The summed E-state index contributed by atoms with van der Waals surface area (Å²) in [5.74, 6) is 5.58. The summed E-state index contributed by atoms with van der Waals surface area (Å²) in [6, 6.07) is 8.11. The molecule has 1 atom stereocenters. The van der Waals surface area contributed by atoms with Gasteiger partial charge in [-0.15, -0.1) is 24.0 Å². The summed E-state index contributed by atoms with van der Waals surface area (Å²) < 4.78 is 5.01. The van der Waals surface area contributed by atoms with E-state index in [1.54, 1.807) is 5.01 Å². The van der Waals surface area contributed by atoms with Crippen molar-refractivity contribution >= 4 is 33.4 Å². The fraction of sp³-hybridized carbons (Fsp3) is 0.538. The molecule has 0 aromatic heterocycles. The molecule has 0 aliphatic carbocycles. The maximum Gasteiger partial charge on any atom is 0.0755 e. The molecule has 6 heteroatoms. The van der Waals surface area contributed by atoms with E-state index in [1.807, 2.05) is 52.9 Å². The molecule has 0 fully saturated rings. The van der Waals surface area contributed by atoms with Gasteiger partial charge in [0.15, 0.2) is 0 Å². The van der Waals surface area contributed by atoms with Crippen molar-refractivity contribution < 1.29 is 37.2 Å². The van der Waals surface area contributed by atoms with Gasteiger partial charge in [0.2, 0.25) is 0 Å². The first kappa shape index (κ1) is 28.5. The summed E-state index contributed by atoms with van der Waals surface area (Å²) >= 11 is 0. The van der Waals surface area contributed by atoms with E-state index in [4.69, 9.17) is 10.4 Å². The van der Waals surface area contributed by atoms with Crippen molar-refractivity contribution in [1.29, 1.82) is 0 Å². The van der Waals surface area contributed by atoms with Crippen molar-refractivity contribution in [3.05, 3.63) is 35.4 Å². The van der Waals surface area contributed by atoms with Gasteiger partial charge in [-0.2, -0.15) is 0 Å². The van der Waals surface area contributed by atoms with Crippen LogP contribution in [0.4, 0.5) is 0 Å². The Hall–Kier alpha value is 1.36. The molecule has 1 radical (unpaired) electrons. The second-order valence-corrected chi connectivity index (χ2v) is 3.33. The number of hydrogen-bond donors (Lipinski definition) is 1. The molecule has 0 amide bonds. The molecule has 111 valence electrons. The monoisotopic (exact) mass is 475 g/mol. The van der Waals surface area contributed by atoms with Crippen molar-refractivity contribution in [3.63, 3.8) is 0 Å². The molecule has 0 saturated heterocycles. The summed E-state index contributed by atoms with van der Waals surface area (Å²) in [5.41, 5.74) is 2.38. The van der Waals surface area contributed by atoms with Gasteiger partial charge in [0, 0.05) is 55.8 Å². The molecular weight excluding hydrogens is 447 g/mol. The van der Waals surface area contributed by atoms with Gasteiger partial charge in [-0.25, -0.2) is 5.01 Å². The van der Waals surface area contributed by atoms with E-state index in [1.165, 1.54) is 11.1 Å². The number of hydrazine groups is 1. The predicted octanol–water partition coefficient (Wildman–Crippen LogP) is 3.97. The molecular formula is C13H28IN2OPY. The van der Waals surface area contributed by atoms with Crippen LogP contribution in [0.1, 0.15) is 38.8 Å². The number of rotatable bonds is 4. The first-order chi connectivity index (χ1) is 8.24. The number of benzene rings is 1. The van der Waals surface area contributed by atoms with E-state index in [0.29, 0.717) is 6.61 Å². The zero-order valence-corrected chi connectivity index (χ0v) is 19.0. The van der Waals surface area contributed by atoms with Crippen LogP contribution in [0.15, 0.2) is 24.3 Å². The van der Waals surface area contributed by atoms with Crippen LogP contribution in [0.2, 0.25) is 0 Å². The molecule has 0 aliphatic heterocycles. The zero-order valence-electron chi connectivity index (χ0n) is 12.7. The standard InChI is InChI=1S/C9H15N2OP.2C2H6.HI.Y/c1-11(10)6-8-4-2-3-5-9(8)7-12-13;2*1-2;;/h2-5H,6-7,10,13H2,1H3;2*1-2H3;1H;. The van der Waals surface area contributed by atoms with Crippen molar-refractivity contribution in [2.24, 2.45) is 5.84 Å². The largest absolute Gasteiger partial charge is 0.361 e. The molecule has 1 unspecified atom stereocenters. The molecule has 3 nitrogen and oxygen atoms in total. The predicted molar refractivity (Wildman–Crippen MR) is 94.7 cm³/mol. The molecule has 19 heavy (non-hydrogen) atoms. The molecule has 2 N–H and O–H groups in total. The topological polar surface area (TPSA) is 38.5 Å². The Labute approximate surface area is 163 Å². The third kappa shape index (κ3) is 15.6. The minimum Gasteiger partial charge on any atom is -0.361 e. The van der Waals surface area contributed by atoms with Gasteiger partial charge in [-0.05, 0) is 11.1 Å². The molecule has 0 saturated carbocycles. The van der Waals surface area contributed by atoms with E-state index in [2.05, 4.69) is 15.5 Å². The Kier molecular flexibility index (Phi) is 32.5. The Morgan fingerprint density at radius 1 is 1.11 bits per heavy atom. The van der Waals surface area contributed by atoms with E-state index in [0.717, 1.165) is 6.54 Å². The van der Waals surface area contributed by atoms with Crippen molar-refractivity contribution in [2.45, 2.75) is 40.8 Å². The van der Waals surface area contributed by atoms with Gasteiger partial charge in [0.25, 0.3) is 0 Å². The van der Waals surface area contributed by atoms with Crippen LogP contribution in [0, 0.1) is 0 Å². The van der Waals surface area contributed by atoms with Crippen LogP contribution in [0.5, 0.6) is 0 Å². The number of halogens is 1. The van der Waals surface area contributed by atoms with Crippen LogP contribution >= 0.6 is 33.4 Å². The zero-order chi connectivity index (χ0) is 13.7. The second-order valence-electron chi connectivity index (χ2n) is 2.99. The summed E-state index contributed by atoms with van der Waals surface area (Å²) in [6.07, 6.45) is 0. The van der Waals surface area contributed by atoms with Crippen LogP contribution in [-0.2, 0) is 50.4 Å². The molecule has 0 bridgehead atoms. The van der Waals surface area contributed by atoms with Crippen molar-refractivity contribution in [1.82, 2.24) is 5.01 Å². The van der Waals surface area contributed by atoms with Crippen molar-refractivity contribution in [3.8, 4) is 0 Å². The first-order valence-corrected chi connectivity index (χ1v) is 6.55. The maximum absolute atomic E-state index is 5.58. The molecule has 0 aliphatic rings. The molecule has 1 rings (SSSR count). The van der Waals surface area contributed by atoms with E-state index >= 15 is 0 Å². The second kappa shape index (κ2) is 21.7. The molecule has 0 spiro atoms. The van der Waals surface area contributed by atoms with E-state index < -0.39 is 0 Å². The van der Waals surface area contributed by atoms with Crippen molar-refractivity contribution in [2.75, 3.05) is 7.05 Å². The van der Waals surface area contributed by atoms with Crippen LogP contribution in [0.25, 0.3) is 0 Å². The summed E-state index contributed by atoms with van der Waals surface area (Å²) in [7, 11) is 4.10. The van der Waals surface area contributed by atoms with Gasteiger partial charge < -0.3 is 4.52 Å². The van der Waals surface area contributed by atoms with E-state index in [9.17, 15) is 0 Å². The summed E-state index contributed by atoms with van der Waals surface area (Å²) in [5, 5.41) is 1.65. The quantitative estimate of drug-likeness (QED) is 0.310. The number of nitrogens with zero attached hydrogens (tertiary/aromatic N) is 1. The van der Waals surface area contributed by atoms with Gasteiger partial charge in [-0.3, -0.25) is 5.84 Å². The Bertz CT molecular complexity index is 279.